The van der Waals surface area contributed by atoms with Gasteiger partial charge in [0, 0.05) is 7.05 Å². The number of carbonyl (C=O) groups excluding carboxylic acids is 1. The lowest BCUT2D eigenvalue weighted by molar-refractivity contribution is 0.0911. The Labute approximate surface area is 150 Å². The standard InChI is InChI=1S/C22H25NO2/c1-5-10-21(20-14-13-17(3)15-19(20)6-2)23(4)22(24)25-16-18-11-8-7-9-12-18/h5-9,11-15,21H,1-2,10,16H2,3-4H3. The molecule has 130 valence electrons. The van der Waals surface area contributed by atoms with Gasteiger partial charge in [0.25, 0.3) is 0 Å². The Balaban J connectivity index is 2.17. The molecule has 2 aromatic rings. The summed E-state index contributed by atoms with van der Waals surface area (Å²) in [4.78, 5) is 14.1. The fourth-order valence-corrected chi connectivity index (χ4v) is 2.77. The van der Waals surface area contributed by atoms with Crippen LogP contribution in [0.4, 0.5) is 4.79 Å². The molecule has 0 saturated carbocycles. The van der Waals surface area contributed by atoms with Crippen LogP contribution in [-0.4, -0.2) is 18.0 Å². The zero-order valence-electron chi connectivity index (χ0n) is 14.9. The summed E-state index contributed by atoms with van der Waals surface area (Å²) >= 11 is 0. The van der Waals surface area contributed by atoms with Crippen LogP contribution in [0, 0.1) is 6.92 Å². The van der Waals surface area contributed by atoms with Crippen LogP contribution < -0.4 is 0 Å². The van der Waals surface area contributed by atoms with E-state index in [2.05, 4.69) is 19.2 Å². The molecule has 0 aliphatic carbocycles. The van der Waals surface area contributed by atoms with E-state index in [9.17, 15) is 4.79 Å². The Kier molecular flexibility index (Phi) is 6.58. The van der Waals surface area contributed by atoms with Gasteiger partial charge in [-0.2, -0.15) is 0 Å². The number of hydrogen-bond donors (Lipinski definition) is 0. The van der Waals surface area contributed by atoms with Gasteiger partial charge in [0.1, 0.15) is 6.61 Å². The topological polar surface area (TPSA) is 29.5 Å². The molecule has 0 aromatic heterocycles. The van der Waals surface area contributed by atoms with Crippen molar-refractivity contribution < 1.29 is 9.53 Å². The van der Waals surface area contributed by atoms with Crippen LogP contribution in [0.2, 0.25) is 0 Å². The van der Waals surface area contributed by atoms with E-state index in [1.165, 1.54) is 0 Å². The zero-order valence-corrected chi connectivity index (χ0v) is 14.9. The van der Waals surface area contributed by atoms with Crippen molar-refractivity contribution in [3.8, 4) is 0 Å². The molecule has 0 fully saturated rings. The van der Waals surface area contributed by atoms with Crippen molar-refractivity contribution in [1.29, 1.82) is 0 Å². The molecule has 25 heavy (non-hydrogen) atoms. The largest absolute Gasteiger partial charge is 0.445 e. The second-order valence-electron chi connectivity index (χ2n) is 6.03. The van der Waals surface area contributed by atoms with Gasteiger partial charge in [-0.1, -0.05) is 72.8 Å². The van der Waals surface area contributed by atoms with Gasteiger partial charge in [-0.3, -0.25) is 0 Å². The first kappa shape index (κ1) is 18.5. The van der Waals surface area contributed by atoms with Gasteiger partial charge in [0.2, 0.25) is 0 Å². The van der Waals surface area contributed by atoms with Crippen LogP contribution in [0.3, 0.4) is 0 Å². The van der Waals surface area contributed by atoms with Crippen molar-refractivity contribution in [1.82, 2.24) is 4.90 Å². The summed E-state index contributed by atoms with van der Waals surface area (Å²) in [6.45, 7) is 10.0. The first-order valence-corrected chi connectivity index (χ1v) is 8.34. The summed E-state index contributed by atoms with van der Waals surface area (Å²) in [5, 5.41) is 0. The highest BCUT2D eigenvalue weighted by Gasteiger charge is 2.23. The average molecular weight is 335 g/mol. The normalized spacial score (nSPS) is 11.4. The van der Waals surface area contributed by atoms with Crippen LogP contribution in [0.25, 0.3) is 6.08 Å². The predicted molar refractivity (Wildman–Crippen MR) is 103 cm³/mol. The Morgan fingerprint density at radius 2 is 1.92 bits per heavy atom. The number of ether oxygens (including phenoxy) is 1. The van der Waals surface area contributed by atoms with Crippen molar-refractivity contribution in [2.45, 2.75) is 26.0 Å². The lowest BCUT2D eigenvalue weighted by Gasteiger charge is -2.28. The minimum Gasteiger partial charge on any atom is -0.445 e. The van der Waals surface area contributed by atoms with E-state index >= 15 is 0 Å². The van der Waals surface area contributed by atoms with E-state index in [1.54, 1.807) is 11.9 Å². The molecule has 2 aromatic carbocycles. The lowest BCUT2D eigenvalue weighted by Crippen LogP contribution is -2.32. The summed E-state index contributed by atoms with van der Waals surface area (Å²) < 4.78 is 5.46. The summed E-state index contributed by atoms with van der Waals surface area (Å²) in [5.41, 5.74) is 4.19. The molecule has 0 saturated heterocycles. The van der Waals surface area contributed by atoms with Crippen LogP contribution in [-0.2, 0) is 11.3 Å². The Morgan fingerprint density at radius 3 is 2.56 bits per heavy atom. The summed E-state index contributed by atoms with van der Waals surface area (Å²) in [6, 6.07) is 15.7. The number of benzene rings is 2. The SMILES string of the molecule is C=CCC(c1ccc(C)cc1C=C)N(C)C(=O)OCc1ccccc1. The molecule has 0 N–H and O–H groups in total. The molecule has 1 amide bonds. The van der Waals surface area contributed by atoms with Crippen LogP contribution in [0.1, 0.15) is 34.7 Å². The quantitative estimate of drug-likeness (QED) is 0.623. The van der Waals surface area contributed by atoms with Crippen LogP contribution in [0.15, 0.2) is 67.8 Å². The molecule has 2 rings (SSSR count). The van der Waals surface area contributed by atoms with Gasteiger partial charge in [-0.05, 0) is 30.0 Å². The molecule has 0 aliphatic heterocycles. The molecular weight excluding hydrogens is 310 g/mol. The molecule has 0 heterocycles. The minimum absolute atomic E-state index is 0.144. The van der Waals surface area contributed by atoms with Gasteiger partial charge >= 0.3 is 6.09 Å². The third-order valence-electron chi connectivity index (χ3n) is 4.17. The number of carbonyl (C=O) groups is 1. The van der Waals surface area contributed by atoms with E-state index in [1.807, 2.05) is 61.5 Å². The lowest BCUT2D eigenvalue weighted by atomic mass is 9.95. The van der Waals surface area contributed by atoms with E-state index in [-0.39, 0.29) is 18.7 Å². The highest BCUT2D eigenvalue weighted by molar-refractivity contribution is 5.68. The second kappa shape index (κ2) is 8.88. The number of nitrogens with zero attached hydrogens (tertiary/aromatic N) is 1. The summed E-state index contributed by atoms with van der Waals surface area (Å²) in [6.07, 6.45) is 3.92. The summed E-state index contributed by atoms with van der Waals surface area (Å²) in [5.74, 6) is 0. The third-order valence-corrected chi connectivity index (χ3v) is 4.17. The maximum Gasteiger partial charge on any atom is 0.410 e. The Hall–Kier alpha value is -2.81. The van der Waals surface area contributed by atoms with Crippen molar-refractivity contribution in [2.24, 2.45) is 0 Å². The Bertz CT molecular complexity index is 737. The molecule has 3 heteroatoms. The zero-order chi connectivity index (χ0) is 18.2. The minimum atomic E-state index is -0.355. The van der Waals surface area contributed by atoms with Crippen molar-refractivity contribution >= 4 is 12.2 Å². The average Bonchev–Trinajstić information content (AvgIpc) is 2.64. The smallest absolute Gasteiger partial charge is 0.410 e. The number of aryl methyl sites for hydroxylation is 1. The maximum absolute atomic E-state index is 12.5. The van der Waals surface area contributed by atoms with Crippen molar-refractivity contribution in [3.05, 3.63) is 90.0 Å². The first-order chi connectivity index (χ1) is 12.1. The molecular formula is C22H25NO2. The first-order valence-electron chi connectivity index (χ1n) is 8.34. The second-order valence-corrected chi connectivity index (χ2v) is 6.03. The fourth-order valence-electron chi connectivity index (χ4n) is 2.77. The van der Waals surface area contributed by atoms with Gasteiger partial charge < -0.3 is 9.64 Å². The van der Waals surface area contributed by atoms with Gasteiger partial charge in [-0.25, -0.2) is 4.79 Å². The van der Waals surface area contributed by atoms with Gasteiger partial charge in [-0.15, -0.1) is 6.58 Å². The molecule has 1 unspecified atom stereocenters. The third kappa shape index (κ3) is 4.83. The molecule has 0 radical (unpaired) electrons. The number of rotatable bonds is 7. The highest BCUT2D eigenvalue weighted by atomic mass is 16.6. The van der Waals surface area contributed by atoms with Crippen molar-refractivity contribution in [2.75, 3.05) is 7.05 Å². The van der Waals surface area contributed by atoms with E-state index < -0.39 is 0 Å². The fraction of sp³-hybridized carbons (Fsp3) is 0.227. The maximum atomic E-state index is 12.5. The number of amides is 1. The number of hydrogen-bond acceptors (Lipinski definition) is 2. The monoisotopic (exact) mass is 335 g/mol. The van der Waals surface area contributed by atoms with Crippen molar-refractivity contribution in [3.63, 3.8) is 0 Å². The van der Waals surface area contributed by atoms with E-state index in [0.29, 0.717) is 6.42 Å². The van der Waals surface area contributed by atoms with Crippen LogP contribution >= 0.6 is 0 Å². The van der Waals surface area contributed by atoms with Gasteiger partial charge in [0.15, 0.2) is 0 Å². The molecule has 0 spiro atoms. The van der Waals surface area contributed by atoms with Crippen LogP contribution in [0.5, 0.6) is 0 Å². The Morgan fingerprint density at radius 1 is 1.20 bits per heavy atom. The van der Waals surface area contributed by atoms with E-state index in [0.717, 1.165) is 22.3 Å². The summed E-state index contributed by atoms with van der Waals surface area (Å²) in [7, 11) is 1.76. The highest BCUT2D eigenvalue weighted by Crippen LogP contribution is 2.29. The molecule has 0 aliphatic rings. The molecule has 1 atom stereocenters. The molecule has 0 bridgehead atoms. The predicted octanol–water partition coefficient (Wildman–Crippen LogP) is 5.52. The molecule has 3 nitrogen and oxygen atoms in total. The van der Waals surface area contributed by atoms with Gasteiger partial charge in [0.05, 0.1) is 6.04 Å². The van der Waals surface area contributed by atoms with E-state index in [4.69, 9.17) is 4.74 Å².